The lowest BCUT2D eigenvalue weighted by atomic mass is 9.81. The molecule has 1 aromatic heterocycles. The molecule has 0 spiro atoms. The zero-order valence-electron chi connectivity index (χ0n) is 11.3. The molecular weight excluding hydrogens is 290 g/mol. The van der Waals surface area contributed by atoms with Crippen molar-refractivity contribution >= 4 is 0 Å². The number of aliphatic hydroxyl groups excluding tert-OH is 1. The normalized spacial score (nSPS) is 34.7. The summed E-state index contributed by atoms with van der Waals surface area (Å²) in [6, 6.07) is 0. The number of fused-ring (bicyclic) bond motifs is 1. The van der Waals surface area contributed by atoms with Crippen LogP contribution in [0.4, 0.5) is 17.6 Å². The molecule has 21 heavy (non-hydrogen) atoms. The predicted molar refractivity (Wildman–Crippen MR) is 65.9 cm³/mol. The van der Waals surface area contributed by atoms with Crippen molar-refractivity contribution in [1.82, 2.24) is 4.98 Å². The Labute approximate surface area is 118 Å². The molecule has 2 aliphatic rings. The number of aliphatic hydroxyl groups is 1. The zero-order valence-corrected chi connectivity index (χ0v) is 11.3. The lowest BCUT2D eigenvalue weighted by Crippen LogP contribution is -2.44. The van der Waals surface area contributed by atoms with E-state index in [1.807, 2.05) is 0 Å². The third-order valence-electron chi connectivity index (χ3n) is 4.06. The smallest absolute Gasteiger partial charge is 0.280 e. The SMILES string of the molecule is CC1(F)CC(Oc2cnc(C(F)F)c3c2C[C@H](F)[C@H]3O)C1. The van der Waals surface area contributed by atoms with Crippen molar-refractivity contribution in [1.29, 1.82) is 0 Å². The fourth-order valence-electron chi connectivity index (χ4n) is 3.02. The summed E-state index contributed by atoms with van der Waals surface area (Å²) in [6.45, 7) is 1.46. The molecule has 0 aliphatic heterocycles. The highest BCUT2D eigenvalue weighted by Gasteiger charge is 2.44. The van der Waals surface area contributed by atoms with Crippen LogP contribution in [-0.2, 0) is 6.42 Å². The van der Waals surface area contributed by atoms with Crippen molar-refractivity contribution in [3.05, 3.63) is 23.0 Å². The number of ether oxygens (including phenoxy) is 1. The molecule has 0 saturated heterocycles. The Morgan fingerprint density at radius 3 is 2.67 bits per heavy atom. The van der Waals surface area contributed by atoms with E-state index in [1.54, 1.807) is 0 Å². The van der Waals surface area contributed by atoms with Gasteiger partial charge in [0.05, 0.1) is 6.20 Å². The van der Waals surface area contributed by atoms with Gasteiger partial charge in [-0.15, -0.1) is 0 Å². The van der Waals surface area contributed by atoms with E-state index >= 15 is 0 Å². The lowest BCUT2D eigenvalue weighted by Gasteiger charge is -2.38. The molecule has 1 heterocycles. The van der Waals surface area contributed by atoms with E-state index in [1.165, 1.54) is 6.92 Å². The quantitative estimate of drug-likeness (QED) is 0.872. The molecule has 1 aromatic rings. The second-order valence-corrected chi connectivity index (χ2v) is 5.93. The van der Waals surface area contributed by atoms with E-state index in [0.717, 1.165) is 6.20 Å². The summed E-state index contributed by atoms with van der Waals surface area (Å²) in [5, 5.41) is 9.73. The minimum Gasteiger partial charge on any atom is -0.488 e. The Bertz CT molecular complexity index is 556. The first-order chi connectivity index (χ1) is 9.78. The average Bonchev–Trinajstić information content (AvgIpc) is 2.64. The third kappa shape index (κ3) is 2.47. The number of aromatic nitrogens is 1. The van der Waals surface area contributed by atoms with E-state index in [2.05, 4.69) is 4.98 Å². The molecule has 0 amide bonds. The summed E-state index contributed by atoms with van der Waals surface area (Å²) in [5.74, 6) is 0.161. The van der Waals surface area contributed by atoms with Gasteiger partial charge < -0.3 is 9.84 Å². The minimum absolute atomic E-state index is 0.161. The van der Waals surface area contributed by atoms with Crippen LogP contribution in [-0.4, -0.2) is 28.0 Å². The number of hydrogen-bond acceptors (Lipinski definition) is 3. The largest absolute Gasteiger partial charge is 0.488 e. The molecule has 3 nitrogen and oxygen atoms in total. The van der Waals surface area contributed by atoms with Gasteiger partial charge in [-0.1, -0.05) is 0 Å². The fourth-order valence-corrected chi connectivity index (χ4v) is 3.02. The molecule has 1 saturated carbocycles. The van der Waals surface area contributed by atoms with Gasteiger partial charge >= 0.3 is 0 Å². The molecule has 1 fully saturated rings. The van der Waals surface area contributed by atoms with E-state index in [-0.39, 0.29) is 42.2 Å². The molecule has 0 bridgehead atoms. The molecule has 3 rings (SSSR count). The standard InChI is InChI=1S/C14H15F4NO2/c1-14(18)3-6(4-14)21-9-5-19-11(13(16)17)10-7(9)2-8(15)12(10)20/h5-6,8,12-13,20H,2-4H2,1H3/t6?,8-,12+,14?/m0/s1. The first-order valence-corrected chi connectivity index (χ1v) is 6.76. The third-order valence-corrected chi connectivity index (χ3v) is 4.06. The van der Waals surface area contributed by atoms with Crippen molar-refractivity contribution in [2.24, 2.45) is 0 Å². The van der Waals surface area contributed by atoms with Crippen molar-refractivity contribution < 1.29 is 27.4 Å². The van der Waals surface area contributed by atoms with E-state index < -0.39 is 30.1 Å². The van der Waals surface area contributed by atoms with E-state index in [0.29, 0.717) is 0 Å². The van der Waals surface area contributed by atoms with Crippen molar-refractivity contribution in [2.75, 3.05) is 0 Å². The molecule has 116 valence electrons. The maximum Gasteiger partial charge on any atom is 0.280 e. The van der Waals surface area contributed by atoms with Gasteiger partial charge in [-0.25, -0.2) is 17.6 Å². The summed E-state index contributed by atoms with van der Waals surface area (Å²) in [4.78, 5) is 3.59. The van der Waals surface area contributed by atoms with Crippen LogP contribution in [0, 0.1) is 0 Å². The molecular formula is C14H15F4NO2. The molecule has 2 atom stereocenters. The molecule has 0 radical (unpaired) electrons. The van der Waals surface area contributed by atoms with Gasteiger partial charge in [0, 0.05) is 30.4 Å². The summed E-state index contributed by atoms with van der Waals surface area (Å²) in [6.07, 6.45) is -5.25. The van der Waals surface area contributed by atoms with Crippen LogP contribution in [0.5, 0.6) is 5.75 Å². The predicted octanol–water partition coefficient (Wildman–Crippen LogP) is 3.22. The molecule has 1 N–H and O–H groups in total. The van der Waals surface area contributed by atoms with Gasteiger partial charge in [0.2, 0.25) is 0 Å². The summed E-state index contributed by atoms with van der Waals surface area (Å²) in [7, 11) is 0. The Balaban J connectivity index is 1.90. The first-order valence-electron chi connectivity index (χ1n) is 6.76. The fraction of sp³-hybridized carbons (Fsp3) is 0.643. The maximum absolute atomic E-state index is 13.7. The molecule has 7 heteroatoms. The van der Waals surface area contributed by atoms with Gasteiger partial charge in [-0.05, 0) is 6.92 Å². The Morgan fingerprint density at radius 2 is 2.10 bits per heavy atom. The highest BCUT2D eigenvalue weighted by Crippen LogP contribution is 2.44. The average molecular weight is 305 g/mol. The molecule has 0 unspecified atom stereocenters. The van der Waals surface area contributed by atoms with Gasteiger partial charge in [-0.3, -0.25) is 4.98 Å². The monoisotopic (exact) mass is 305 g/mol. The molecule has 2 aliphatic carbocycles. The van der Waals surface area contributed by atoms with Crippen molar-refractivity contribution in [3.63, 3.8) is 0 Å². The second-order valence-electron chi connectivity index (χ2n) is 5.93. The van der Waals surface area contributed by atoms with Crippen LogP contribution in [0.25, 0.3) is 0 Å². The van der Waals surface area contributed by atoms with Crippen LogP contribution < -0.4 is 4.74 Å². The van der Waals surface area contributed by atoms with Crippen LogP contribution in [0.2, 0.25) is 0 Å². The Morgan fingerprint density at radius 1 is 1.43 bits per heavy atom. The van der Waals surface area contributed by atoms with E-state index in [9.17, 15) is 22.7 Å². The van der Waals surface area contributed by atoms with Gasteiger partial charge in [0.25, 0.3) is 6.43 Å². The topological polar surface area (TPSA) is 42.4 Å². The van der Waals surface area contributed by atoms with Crippen LogP contribution >= 0.6 is 0 Å². The Hall–Kier alpha value is -1.37. The minimum atomic E-state index is -2.90. The summed E-state index contributed by atoms with van der Waals surface area (Å²) in [5.41, 5.74) is -1.87. The highest BCUT2D eigenvalue weighted by molar-refractivity contribution is 5.47. The number of halogens is 4. The lowest BCUT2D eigenvalue weighted by molar-refractivity contribution is -0.0297. The number of alkyl halides is 4. The van der Waals surface area contributed by atoms with Gasteiger partial charge in [0.1, 0.15) is 35.5 Å². The van der Waals surface area contributed by atoms with Gasteiger partial charge in [-0.2, -0.15) is 0 Å². The highest BCUT2D eigenvalue weighted by atomic mass is 19.3. The summed E-state index contributed by atoms with van der Waals surface area (Å²) >= 11 is 0. The zero-order chi connectivity index (χ0) is 15.4. The molecule has 0 aromatic carbocycles. The summed E-state index contributed by atoms with van der Waals surface area (Å²) < 4.78 is 58.4. The number of pyridine rings is 1. The Kier molecular flexibility index (Phi) is 3.35. The number of hydrogen-bond donors (Lipinski definition) is 1. The second kappa shape index (κ2) is 4.83. The number of rotatable bonds is 3. The van der Waals surface area contributed by atoms with Crippen molar-refractivity contribution in [2.45, 2.75) is 56.7 Å². The van der Waals surface area contributed by atoms with Crippen LogP contribution in [0.1, 0.15) is 49.1 Å². The number of nitrogens with zero attached hydrogens (tertiary/aromatic N) is 1. The first kappa shape index (κ1) is 14.6. The van der Waals surface area contributed by atoms with E-state index in [4.69, 9.17) is 4.74 Å². The van der Waals surface area contributed by atoms with Gasteiger partial charge in [0.15, 0.2) is 0 Å². The maximum atomic E-state index is 13.7. The van der Waals surface area contributed by atoms with Crippen LogP contribution in [0.3, 0.4) is 0 Å². The van der Waals surface area contributed by atoms with Crippen molar-refractivity contribution in [3.8, 4) is 5.75 Å². The van der Waals surface area contributed by atoms with Crippen LogP contribution in [0.15, 0.2) is 6.20 Å².